The average molecular weight is 335 g/mol. The highest BCUT2D eigenvalue weighted by molar-refractivity contribution is 6.31. The minimum absolute atomic E-state index is 0.0718. The molecule has 7 heteroatoms. The van der Waals surface area contributed by atoms with Crippen LogP contribution in [0.1, 0.15) is 25.3 Å². The molecular formula is C16H19ClN4O2. The maximum atomic E-state index is 11.5. The lowest BCUT2D eigenvalue weighted by Crippen LogP contribution is -2.12. The molecule has 1 amide bonds. The van der Waals surface area contributed by atoms with Crippen LogP contribution in [0.2, 0.25) is 5.02 Å². The summed E-state index contributed by atoms with van der Waals surface area (Å²) in [7, 11) is 1.57. The van der Waals surface area contributed by atoms with Crippen molar-refractivity contribution in [1.29, 1.82) is 0 Å². The summed E-state index contributed by atoms with van der Waals surface area (Å²) in [6, 6.07) is 7.04. The fraction of sp³-hybridized carbons (Fsp3) is 0.312. The van der Waals surface area contributed by atoms with Crippen LogP contribution in [-0.4, -0.2) is 23.2 Å². The van der Waals surface area contributed by atoms with E-state index in [-0.39, 0.29) is 5.91 Å². The summed E-state index contributed by atoms with van der Waals surface area (Å²) < 4.78 is 5.30. The molecule has 122 valence electrons. The van der Waals surface area contributed by atoms with E-state index in [2.05, 4.69) is 20.8 Å². The molecule has 0 atom stereocenters. The number of hydrogen-bond acceptors (Lipinski definition) is 5. The summed E-state index contributed by atoms with van der Waals surface area (Å²) in [6.45, 7) is 3.85. The van der Waals surface area contributed by atoms with E-state index in [0.717, 1.165) is 17.7 Å². The van der Waals surface area contributed by atoms with Crippen LogP contribution in [0.15, 0.2) is 24.3 Å². The molecule has 0 spiro atoms. The molecule has 23 heavy (non-hydrogen) atoms. The van der Waals surface area contributed by atoms with E-state index in [1.165, 1.54) is 0 Å². The summed E-state index contributed by atoms with van der Waals surface area (Å²) in [4.78, 5) is 11.5. The predicted octanol–water partition coefficient (Wildman–Crippen LogP) is 3.93. The number of benzene rings is 1. The lowest BCUT2D eigenvalue weighted by atomic mass is 10.2. The molecule has 0 saturated heterocycles. The van der Waals surface area contributed by atoms with Crippen molar-refractivity contribution in [2.45, 2.75) is 26.7 Å². The Kier molecular flexibility index (Phi) is 5.76. The third-order valence-electron chi connectivity index (χ3n) is 3.15. The number of nitrogens with one attached hydrogen (secondary N) is 2. The second-order valence-electron chi connectivity index (χ2n) is 5.03. The Bertz CT molecular complexity index is 689. The highest BCUT2D eigenvalue weighted by Gasteiger charge is 2.09. The van der Waals surface area contributed by atoms with Crippen LogP contribution < -0.4 is 15.4 Å². The van der Waals surface area contributed by atoms with Crippen molar-refractivity contribution < 1.29 is 9.53 Å². The van der Waals surface area contributed by atoms with Crippen LogP contribution >= 0.6 is 11.6 Å². The minimum atomic E-state index is -0.0718. The monoisotopic (exact) mass is 334 g/mol. The van der Waals surface area contributed by atoms with Gasteiger partial charge in [-0.3, -0.25) is 4.79 Å². The SMILES string of the molecule is CCCC(=O)Nc1ccc(Nc2cc(C)c(Cl)cc2OC)nn1. The maximum absolute atomic E-state index is 11.5. The average Bonchev–Trinajstić information content (AvgIpc) is 2.52. The second kappa shape index (κ2) is 7.78. The van der Waals surface area contributed by atoms with E-state index < -0.39 is 0 Å². The number of carbonyl (C=O) groups excluding carboxylic acids is 1. The van der Waals surface area contributed by atoms with Gasteiger partial charge in [-0.05, 0) is 37.1 Å². The molecule has 2 rings (SSSR count). The smallest absolute Gasteiger partial charge is 0.225 e. The maximum Gasteiger partial charge on any atom is 0.225 e. The minimum Gasteiger partial charge on any atom is -0.495 e. The molecular weight excluding hydrogens is 316 g/mol. The molecule has 1 aromatic heterocycles. The molecule has 0 bridgehead atoms. The van der Waals surface area contributed by atoms with E-state index in [4.69, 9.17) is 16.3 Å². The Morgan fingerprint density at radius 3 is 2.57 bits per heavy atom. The number of ether oxygens (including phenoxy) is 1. The van der Waals surface area contributed by atoms with E-state index in [1.807, 2.05) is 19.9 Å². The molecule has 0 radical (unpaired) electrons. The van der Waals surface area contributed by atoms with Gasteiger partial charge in [-0.15, -0.1) is 10.2 Å². The Labute approximate surface area is 140 Å². The van der Waals surface area contributed by atoms with Crippen molar-refractivity contribution in [3.05, 3.63) is 34.9 Å². The zero-order chi connectivity index (χ0) is 16.8. The third-order valence-corrected chi connectivity index (χ3v) is 3.56. The first-order valence-electron chi connectivity index (χ1n) is 7.28. The molecule has 0 saturated carbocycles. The van der Waals surface area contributed by atoms with Crippen molar-refractivity contribution in [2.24, 2.45) is 0 Å². The largest absolute Gasteiger partial charge is 0.495 e. The predicted molar refractivity (Wildman–Crippen MR) is 91.6 cm³/mol. The molecule has 0 aliphatic heterocycles. The van der Waals surface area contributed by atoms with E-state index >= 15 is 0 Å². The van der Waals surface area contributed by atoms with Crippen LogP contribution in [-0.2, 0) is 4.79 Å². The summed E-state index contributed by atoms with van der Waals surface area (Å²) in [5.74, 6) is 1.51. The van der Waals surface area contributed by atoms with Crippen molar-refractivity contribution in [2.75, 3.05) is 17.7 Å². The summed E-state index contributed by atoms with van der Waals surface area (Å²) in [6.07, 6.45) is 1.25. The topological polar surface area (TPSA) is 76.1 Å². The van der Waals surface area contributed by atoms with Gasteiger partial charge in [0.15, 0.2) is 11.6 Å². The standard InChI is InChI=1S/C16H19ClN4O2/c1-4-5-16(22)19-15-7-6-14(20-21-15)18-12-8-10(2)11(17)9-13(12)23-3/h6-9H,4-5H2,1-3H3,(H,18,20)(H,19,21,22). The normalized spacial score (nSPS) is 10.3. The van der Waals surface area contributed by atoms with Gasteiger partial charge in [0.1, 0.15) is 5.75 Å². The lowest BCUT2D eigenvalue weighted by molar-refractivity contribution is -0.116. The highest BCUT2D eigenvalue weighted by atomic mass is 35.5. The summed E-state index contributed by atoms with van der Waals surface area (Å²) in [5, 5.41) is 14.5. The Morgan fingerprint density at radius 1 is 1.26 bits per heavy atom. The molecule has 0 fully saturated rings. The fourth-order valence-electron chi connectivity index (χ4n) is 1.97. The third kappa shape index (κ3) is 4.56. The van der Waals surface area contributed by atoms with Crippen LogP contribution in [0.4, 0.5) is 17.3 Å². The van der Waals surface area contributed by atoms with E-state index in [1.54, 1.807) is 25.3 Å². The van der Waals surface area contributed by atoms with Gasteiger partial charge < -0.3 is 15.4 Å². The zero-order valence-corrected chi connectivity index (χ0v) is 14.1. The fourth-order valence-corrected chi connectivity index (χ4v) is 2.12. The number of aromatic nitrogens is 2. The number of nitrogens with zero attached hydrogens (tertiary/aromatic N) is 2. The van der Waals surface area contributed by atoms with Crippen LogP contribution in [0.5, 0.6) is 5.75 Å². The number of hydrogen-bond donors (Lipinski definition) is 2. The Hall–Kier alpha value is -2.34. The number of methoxy groups -OCH3 is 1. The molecule has 6 nitrogen and oxygen atoms in total. The lowest BCUT2D eigenvalue weighted by Gasteiger charge is -2.12. The van der Waals surface area contributed by atoms with Gasteiger partial charge in [-0.25, -0.2) is 0 Å². The number of amides is 1. The number of anilines is 3. The number of halogens is 1. The quantitative estimate of drug-likeness (QED) is 0.837. The van der Waals surface area contributed by atoms with Crippen molar-refractivity contribution >= 4 is 34.8 Å². The van der Waals surface area contributed by atoms with E-state index in [0.29, 0.717) is 28.8 Å². The first-order valence-corrected chi connectivity index (χ1v) is 7.66. The Morgan fingerprint density at radius 2 is 1.96 bits per heavy atom. The first-order chi connectivity index (χ1) is 11.0. The first kappa shape index (κ1) is 17.0. The van der Waals surface area contributed by atoms with Crippen LogP contribution in [0, 0.1) is 6.92 Å². The van der Waals surface area contributed by atoms with Crippen molar-refractivity contribution in [3.63, 3.8) is 0 Å². The number of carbonyl (C=O) groups is 1. The van der Waals surface area contributed by atoms with Crippen LogP contribution in [0.3, 0.4) is 0 Å². The van der Waals surface area contributed by atoms with Crippen LogP contribution in [0.25, 0.3) is 0 Å². The molecule has 1 heterocycles. The van der Waals surface area contributed by atoms with Gasteiger partial charge in [-0.1, -0.05) is 18.5 Å². The number of rotatable bonds is 6. The molecule has 2 aromatic rings. The van der Waals surface area contributed by atoms with Crippen molar-refractivity contribution in [1.82, 2.24) is 10.2 Å². The van der Waals surface area contributed by atoms with E-state index in [9.17, 15) is 4.79 Å². The molecule has 2 N–H and O–H groups in total. The van der Waals surface area contributed by atoms with Gasteiger partial charge in [0.2, 0.25) is 5.91 Å². The van der Waals surface area contributed by atoms with Gasteiger partial charge in [0.05, 0.1) is 12.8 Å². The molecule has 0 aliphatic carbocycles. The molecule has 1 aromatic carbocycles. The van der Waals surface area contributed by atoms with Gasteiger partial charge >= 0.3 is 0 Å². The van der Waals surface area contributed by atoms with Crippen molar-refractivity contribution in [3.8, 4) is 5.75 Å². The van der Waals surface area contributed by atoms with Gasteiger partial charge in [0, 0.05) is 17.5 Å². The number of aryl methyl sites for hydroxylation is 1. The highest BCUT2D eigenvalue weighted by Crippen LogP contribution is 2.32. The summed E-state index contributed by atoms with van der Waals surface area (Å²) in [5.41, 5.74) is 1.66. The summed E-state index contributed by atoms with van der Waals surface area (Å²) >= 11 is 6.09. The molecule has 0 unspecified atom stereocenters. The zero-order valence-electron chi connectivity index (χ0n) is 13.3. The Balaban J connectivity index is 2.12. The van der Waals surface area contributed by atoms with Gasteiger partial charge in [0.25, 0.3) is 0 Å². The second-order valence-corrected chi connectivity index (χ2v) is 5.44. The van der Waals surface area contributed by atoms with Gasteiger partial charge in [-0.2, -0.15) is 0 Å². The molecule has 0 aliphatic rings.